The van der Waals surface area contributed by atoms with E-state index in [2.05, 4.69) is 10.6 Å². The molecule has 5 nitrogen and oxygen atoms in total. The van der Waals surface area contributed by atoms with E-state index in [-0.39, 0.29) is 12.5 Å². The molecule has 0 saturated carbocycles. The Morgan fingerprint density at radius 3 is 2.57 bits per heavy atom. The lowest BCUT2D eigenvalue weighted by Crippen LogP contribution is -2.41. The molecule has 0 radical (unpaired) electrons. The van der Waals surface area contributed by atoms with Crippen LogP contribution in [-0.4, -0.2) is 37.5 Å². The van der Waals surface area contributed by atoms with Crippen LogP contribution in [0.4, 0.5) is 13.6 Å². The van der Waals surface area contributed by atoms with Crippen molar-refractivity contribution in [1.29, 1.82) is 0 Å². The quantitative estimate of drug-likeness (QED) is 0.685. The van der Waals surface area contributed by atoms with Crippen LogP contribution in [0.3, 0.4) is 0 Å². The highest BCUT2D eigenvalue weighted by atomic mass is 19.2. The fourth-order valence-electron chi connectivity index (χ4n) is 2.26. The van der Waals surface area contributed by atoms with Crippen LogP contribution in [0.5, 0.6) is 0 Å². The van der Waals surface area contributed by atoms with Crippen molar-refractivity contribution in [2.45, 2.75) is 32.4 Å². The van der Waals surface area contributed by atoms with Crippen LogP contribution in [0.15, 0.2) is 18.2 Å². The van der Waals surface area contributed by atoms with Crippen molar-refractivity contribution in [2.75, 3.05) is 20.3 Å². The summed E-state index contributed by atoms with van der Waals surface area (Å²) in [6.45, 7) is 4.12. The lowest BCUT2D eigenvalue weighted by molar-refractivity contribution is 0.159. The fraction of sp³-hybridized carbons (Fsp3) is 0.562. The maximum Gasteiger partial charge on any atom is 0.315 e. The van der Waals surface area contributed by atoms with Gasteiger partial charge in [-0.2, -0.15) is 0 Å². The number of amides is 2. The minimum absolute atomic E-state index is 0.116. The summed E-state index contributed by atoms with van der Waals surface area (Å²) in [4.78, 5) is 11.9. The van der Waals surface area contributed by atoms with Gasteiger partial charge in [0.05, 0.1) is 18.8 Å². The van der Waals surface area contributed by atoms with Crippen LogP contribution in [0.2, 0.25) is 0 Å². The zero-order valence-corrected chi connectivity index (χ0v) is 13.6. The number of halogens is 2. The summed E-state index contributed by atoms with van der Waals surface area (Å²) in [6, 6.07) is 2.42. The molecule has 0 bridgehead atoms. The predicted molar refractivity (Wildman–Crippen MR) is 83.0 cm³/mol. The zero-order valence-electron chi connectivity index (χ0n) is 13.6. The van der Waals surface area contributed by atoms with E-state index in [0.29, 0.717) is 18.5 Å². The predicted octanol–water partition coefficient (Wildman–Crippen LogP) is 2.36. The molecule has 0 aromatic heterocycles. The van der Waals surface area contributed by atoms with Crippen LogP contribution >= 0.6 is 0 Å². The van der Waals surface area contributed by atoms with Crippen LogP contribution in [-0.2, 0) is 4.74 Å². The highest BCUT2D eigenvalue weighted by Crippen LogP contribution is 2.17. The number of aliphatic hydroxyl groups is 1. The average molecular weight is 330 g/mol. The molecule has 0 aliphatic heterocycles. The topological polar surface area (TPSA) is 70.6 Å². The van der Waals surface area contributed by atoms with Crippen LogP contribution in [0.25, 0.3) is 0 Å². The van der Waals surface area contributed by atoms with E-state index in [0.717, 1.165) is 12.1 Å². The van der Waals surface area contributed by atoms with Crippen LogP contribution in [0.1, 0.15) is 31.9 Å². The highest BCUT2D eigenvalue weighted by molar-refractivity contribution is 5.74. The molecular formula is C16H24F2N2O3. The normalized spacial score (nSPS) is 14.9. The van der Waals surface area contributed by atoms with Crippen molar-refractivity contribution in [3.8, 4) is 0 Å². The molecule has 23 heavy (non-hydrogen) atoms. The summed E-state index contributed by atoms with van der Waals surface area (Å²) in [7, 11) is 1.46. The standard InChI is InChI=1S/C16H24F2N2O3/c1-10(6-11(2)21)8-19-16(22)20-15(9-23-3)12-4-5-13(17)14(18)7-12/h4-5,7,10-11,15,21H,6,8-9H2,1-3H3,(H2,19,20,22). The first-order chi connectivity index (χ1) is 10.8. The molecule has 1 rings (SSSR count). The Labute approximate surface area is 135 Å². The zero-order chi connectivity index (χ0) is 17.4. The number of rotatable bonds is 8. The Kier molecular flexibility index (Phi) is 7.91. The number of methoxy groups -OCH3 is 1. The summed E-state index contributed by atoms with van der Waals surface area (Å²) in [6.07, 6.45) is 0.142. The number of nitrogens with one attached hydrogen (secondary N) is 2. The molecule has 3 N–H and O–H groups in total. The van der Waals surface area contributed by atoms with Crippen molar-refractivity contribution >= 4 is 6.03 Å². The van der Waals surface area contributed by atoms with E-state index >= 15 is 0 Å². The molecule has 3 unspecified atom stereocenters. The van der Waals surface area contributed by atoms with E-state index < -0.39 is 29.8 Å². The molecule has 0 spiro atoms. The number of hydrogen-bond donors (Lipinski definition) is 3. The molecule has 0 aliphatic carbocycles. The molecule has 0 saturated heterocycles. The van der Waals surface area contributed by atoms with E-state index in [4.69, 9.17) is 4.74 Å². The number of hydrogen-bond acceptors (Lipinski definition) is 3. The highest BCUT2D eigenvalue weighted by Gasteiger charge is 2.17. The minimum atomic E-state index is -0.976. The van der Waals surface area contributed by atoms with Gasteiger partial charge in [-0.05, 0) is 37.0 Å². The monoisotopic (exact) mass is 330 g/mol. The van der Waals surface area contributed by atoms with Crippen molar-refractivity contribution in [1.82, 2.24) is 10.6 Å². The molecule has 0 aliphatic rings. The van der Waals surface area contributed by atoms with Crippen molar-refractivity contribution in [3.05, 3.63) is 35.4 Å². The van der Waals surface area contributed by atoms with Gasteiger partial charge >= 0.3 is 6.03 Å². The lowest BCUT2D eigenvalue weighted by atomic mass is 10.0. The van der Waals surface area contributed by atoms with Gasteiger partial charge in [0, 0.05) is 13.7 Å². The van der Waals surface area contributed by atoms with Gasteiger partial charge in [-0.25, -0.2) is 13.6 Å². The van der Waals surface area contributed by atoms with Crippen LogP contribution in [0, 0.1) is 17.6 Å². The van der Waals surface area contributed by atoms with Gasteiger partial charge in [0.2, 0.25) is 0 Å². The van der Waals surface area contributed by atoms with E-state index in [9.17, 15) is 18.7 Å². The van der Waals surface area contributed by atoms with Gasteiger partial charge in [0.15, 0.2) is 11.6 Å². The summed E-state index contributed by atoms with van der Waals surface area (Å²) in [5.74, 6) is -1.80. The van der Waals surface area contributed by atoms with E-state index in [1.165, 1.54) is 13.2 Å². The maximum atomic E-state index is 13.3. The van der Waals surface area contributed by atoms with Gasteiger partial charge < -0.3 is 20.5 Å². The average Bonchev–Trinajstić information content (AvgIpc) is 2.47. The SMILES string of the molecule is COCC(NC(=O)NCC(C)CC(C)O)c1ccc(F)c(F)c1. The number of ether oxygens (including phenoxy) is 1. The number of benzene rings is 1. The van der Waals surface area contributed by atoms with Gasteiger partial charge in [-0.15, -0.1) is 0 Å². The largest absolute Gasteiger partial charge is 0.393 e. The molecule has 7 heteroatoms. The molecule has 0 fully saturated rings. The minimum Gasteiger partial charge on any atom is -0.393 e. The molecule has 130 valence electrons. The number of aliphatic hydroxyl groups excluding tert-OH is 1. The second-order valence-electron chi connectivity index (χ2n) is 5.73. The summed E-state index contributed by atoms with van der Waals surface area (Å²) < 4.78 is 31.3. The molecule has 0 heterocycles. The number of urea groups is 1. The Bertz CT molecular complexity index is 512. The Hall–Kier alpha value is -1.73. The van der Waals surface area contributed by atoms with Crippen molar-refractivity contribution < 1.29 is 23.4 Å². The molecule has 1 aromatic carbocycles. The van der Waals surface area contributed by atoms with E-state index in [1.807, 2.05) is 6.92 Å². The van der Waals surface area contributed by atoms with Crippen molar-refractivity contribution in [2.24, 2.45) is 5.92 Å². The smallest absolute Gasteiger partial charge is 0.315 e. The Balaban J connectivity index is 2.61. The third-order valence-electron chi connectivity index (χ3n) is 3.34. The summed E-state index contributed by atoms with van der Waals surface area (Å²) in [5.41, 5.74) is 0.415. The molecular weight excluding hydrogens is 306 g/mol. The second-order valence-corrected chi connectivity index (χ2v) is 5.73. The number of carbonyl (C=O) groups excluding carboxylic acids is 1. The van der Waals surface area contributed by atoms with Crippen molar-refractivity contribution in [3.63, 3.8) is 0 Å². The first kappa shape index (κ1) is 19.3. The first-order valence-corrected chi connectivity index (χ1v) is 7.49. The third-order valence-corrected chi connectivity index (χ3v) is 3.34. The van der Waals surface area contributed by atoms with Gasteiger partial charge in [-0.3, -0.25) is 0 Å². The first-order valence-electron chi connectivity index (χ1n) is 7.49. The van der Waals surface area contributed by atoms with Crippen LogP contribution < -0.4 is 10.6 Å². The number of carbonyl (C=O) groups is 1. The lowest BCUT2D eigenvalue weighted by Gasteiger charge is -2.20. The van der Waals surface area contributed by atoms with Gasteiger partial charge in [0.25, 0.3) is 0 Å². The van der Waals surface area contributed by atoms with Gasteiger partial charge in [-0.1, -0.05) is 13.0 Å². The van der Waals surface area contributed by atoms with E-state index in [1.54, 1.807) is 6.92 Å². The summed E-state index contributed by atoms with van der Waals surface area (Å²) >= 11 is 0. The molecule has 1 aromatic rings. The maximum absolute atomic E-state index is 13.3. The van der Waals surface area contributed by atoms with Gasteiger partial charge in [0.1, 0.15) is 0 Å². The third kappa shape index (κ3) is 6.92. The second kappa shape index (κ2) is 9.42. The fourth-order valence-corrected chi connectivity index (χ4v) is 2.26. The Morgan fingerprint density at radius 2 is 2.00 bits per heavy atom. The molecule has 3 atom stereocenters. The summed E-state index contributed by atoms with van der Waals surface area (Å²) in [5, 5.41) is 14.6. The Morgan fingerprint density at radius 1 is 1.30 bits per heavy atom. The molecule has 2 amide bonds.